The molecule has 0 aliphatic heterocycles. The molecule has 2 heterocycles. The zero-order valence-corrected chi connectivity index (χ0v) is 14.5. The van der Waals surface area contributed by atoms with E-state index in [1.165, 1.54) is 16.9 Å². The predicted molar refractivity (Wildman–Crippen MR) is 94.7 cm³/mol. The number of carbonyl (C=O) groups excluding carboxylic acids is 1. The second-order valence-electron chi connectivity index (χ2n) is 6.74. The van der Waals surface area contributed by atoms with Crippen molar-refractivity contribution in [3.63, 3.8) is 0 Å². The molecule has 0 spiro atoms. The monoisotopic (exact) mass is 353 g/mol. The molecule has 0 unspecified atom stereocenters. The molecule has 1 aliphatic rings. The SMILES string of the molecule is C[C@H](NC(=O)C1CCCC1)c1nc2cc(-c3ccccc3F)ncn2n1. The molecule has 1 aromatic carbocycles. The minimum absolute atomic E-state index is 0.0685. The minimum atomic E-state index is -0.332. The lowest BCUT2D eigenvalue weighted by Crippen LogP contribution is -2.32. The van der Waals surface area contributed by atoms with Crippen LogP contribution in [0.3, 0.4) is 0 Å². The van der Waals surface area contributed by atoms with E-state index in [4.69, 9.17) is 0 Å². The van der Waals surface area contributed by atoms with Gasteiger partial charge in [0.15, 0.2) is 11.5 Å². The number of nitrogens with one attached hydrogen (secondary N) is 1. The van der Waals surface area contributed by atoms with E-state index in [0.717, 1.165) is 25.7 Å². The zero-order valence-electron chi connectivity index (χ0n) is 14.5. The van der Waals surface area contributed by atoms with E-state index in [1.54, 1.807) is 24.3 Å². The molecule has 3 aromatic rings. The lowest BCUT2D eigenvalue weighted by molar-refractivity contribution is -0.125. The molecule has 26 heavy (non-hydrogen) atoms. The van der Waals surface area contributed by atoms with Crippen LogP contribution in [0, 0.1) is 11.7 Å². The van der Waals surface area contributed by atoms with Crippen LogP contribution in [-0.4, -0.2) is 25.5 Å². The van der Waals surface area contributed by atoms with Gasteiger partial charge in [0.1, 0.15) is 12.1 Å². The average Bonchev–Trinajstić information content (AvgIpc) is 3.31. The van der Waals surface area contributed by atoms with Gasteiger partial charge >= 0.3 is 0 Å². The molecule has 1 amide bonds. The first-order valence-corrected chi connectivity index (χ1v) is 8.89. The number of nitrogens with zero attached hydrogens (tertiary/aromatic N) is 4. The number of halogens is 1. The average molecular weight is 353 g/mol. The summed E-state index contributed by atoms with van der Waals surface area (Å²) in [6, 6.07) is 7.88. The van der Waals surface area contributed by atoms with Crippen LogP contribution >= 0.6 is 0 Å². The molecule has 6 nitrogen and oxygen atoms in total. The second kappa shape index (κ2) is 6.82. The van der Waals surface area contributed by atoms with E-state index in [0.29, 0.717) is 22.7 Å². The Kier molecular flexibility index (Phi) is 4.36. The Bertz CT molecular complexity index is 948. The first kappa shape index (κ1) is 16.6. The standard InChI is InChI=1S/C19H20FN5O/c1-12(22-19(26)13-6-2-3-7-13)18-23-17-10-16(21-11-25(17)24-18)14-8-4-5-9-15(14)20/h4-5,8-13H,2-3,6-7H2,1H3,(H,22,26)/t12-/m0/s1. The van der Waals surface area contributed by atoms with Gasteiger partial charge < -0.3 is 5.32 Å². The highest BCUT2D eigenvalue weighted by molar-refractivity contribution is 5.79. The smallest absolute Gasteiger partial charge is 0.223 e. The Morgan fingerprint density at radius 1 is 1.31 bits per heavy atom. The van der Waals surface area contributed by atoms with Crippen molar-refractivity contribution in [2.24, 2.45) is 5.92 Å². The van der Waals surface area contributed by atoms with Gasteiger partial charge in [0.2, 0.25) is 5.91 Å². The number of carbonyl (C=O) groups is 1. The summed E-state index contributed by atoms with van der Waals surface area (Å²) < 4.78 is 15.5. The lowest BCUT2D eigenvalue weighted by Gasteiger charge is -2.14. The maximum atomic E-state index is 14.0. The highest BCUT2D eigenvalue weighted by Gasteiger charge is 2.25. The number of hydrogen-bond acceptors (Lipinski definition) is 4. The van der Waals surface area contributed by atoms with Gasteiger partial charge in [-0.25, -0.2) is 18.9 Å². The van der Waals surface area contributed by atoms with Crippen molar-refractivity contribution >= 4 is 11.6 Å². The fourth-order valence-corrected chi connectivity index (χ4v) is 3.40. The van der Waals surface area contributed by atoms with Crippen molar-refractivity contribution in [1.82, 2.24) is 24.9 Å². The van der Waals surface area contributed by atoms with Gasteiger partial charge in [0.25, 0.3) is 0 Å². The Balaban J connectivity index is 1.57. The molecule has 2 aromatic heterocycles. The van der Waals surface area contributed by atoms with Crippen LogP contribution in [0.15, 0.2) is 36.7 Å². The van der Waals surface area contributed by atoms with Crippen LogP contribution in [0.2, 0.25) is 0 Å². The molecule has 4 rings (SSSR count). The van der Waals surface area contributed by atoms with E-state index in [-0.39, 0.29) is 23.7 Å². The third-order valence-corrected chi connectivity index (χ3v) is 4.87. The molecule has 7 heteroatoms. The maximum Gasteiger partial charge on any atom is 0.223 e. The third kappa shape index (κ3) is 3.16. The summed E-state index contributed by atoms with van der Waals surface area (Å²) in [4.78, 5) is 21.0. The molecule has 0 saturated heterocycles. The number of amides is 1. The normalized spacial score (nSPS) is 16.1. The molecule has 1 saturated carbocycles. The van der Waals surface area contributed by atoms with Gasteiger partial charge in [-0.15, -0.1) is 5.10 Å². The van der Waals surface area contributed by atoms with E-state index in [1.807, 2.05) is 6.92 Å². The van der Waals surface area contributed by atoms with Crippen LogP contribution in [0.4, 0.5) is 4.39 Å². The summed E-state index contributed by atoms with van der Waals surface area (Å²) in [6.07, 6.45) is 5.65. The highest BCUT2D eigenvalue weighted by atomic mass is 19.1. The zero-order chi connectivity index (χ0) is 18.1. The summed E-state index contributed by atoms with van der Waals surface area (Å²) in [6.45, 7) is 1.87. The van der Waals surface area contributed by atoms with Gasteiger partial charge in [0.05, 0.1) is 11.7 Å². The van der Waals surface area contributed by atoms with Gasteiger partial charge in [-0.1, -0.05) is 25.0 Å². The number of hydrogen-bond donors (Lipinski definition) is 1. The summed E-state index contributed by atoms with van der Waals surface area (Å²) in [7, 11) is 0. The summed E-state index contributed by atoms with van der Waals surface area (Å²) in [5, 5.41) is 7.38. The van der Waals surface area contributed by atoms with Crippen molar-refractivity contribution in [1.29, 1.82) is 0 Å². The van der Waals surface area contributed by atoms with Crippen molar-refractivity contribution in [3.8, 4) is 11.3 Å². The molecule has 134 valence electrons. The first-order chi connectivity index (χ1) is 12.6. The van der Waals surface area contributed by atoms with Crippen LogP contribution in [0.25, 0.3) is 16.9 Å². The summed E-state index contributed by atoms with van der Waals surface area (Å²) in [5.41, 5.74) is 1.48. The molecule has 1 N–H and O–H groups in total. The van der Waals surface area contributed by atoms with Crippen molar-refractivity contribution in [3.05, 3.63) is 48.3 Å². The predicted octanol–water partition coefficient (Wildman–Crippen LogP) is 3.30. The highest BCUT2D eigenvalue weighted by Crippen LogP contribution is 2.26. The topological polar surface area (TPSA) is 72.2 Å². The van der Waals surface area contributed by atoms with Crippen molar-refractivity contribution in [2.75, 3.05) is 0 Å². The van der Waals surface area contributed by atoms with Crippen molar-refractivity contribution in [2.45, 2.75) is 38.6 Å². The van der Waals surface area contributed by atoms with E-state index >= 15 is 0 Å². The lowest BCUT2D eigenvalue weighted by atomic mass is 10.1. The van der Waals surface area contributed by atoms with Crippen LogP contribution < -0.4 is 5.32 Å². The maximum absolute atomic E-state index is 14.0. The van der Waals surface area contributed by atoms with Gasteiger partial charge in [-0.2, -0.15) is 0 Å². The number of aromatic nitrogens is 4. The molecular weight excluding hydrogens is 333 g/mol. The molecule has 1 aliphatic carbocycles. The Labute approximate surface area is 150 Å². The van der Waals surface area contributed by atoms with E-state index in [2.05, 4.69) is 20.4 Å². The van der Waals surface area contributed by atoms with Crippen molar-refractivity contribution < 1.29 is 9.18 Å². The largest absolute Gasteiger partial charge is 0.346 e. The van der Waals surface area contributed by atoms with Crippen LogP contribution in [0.1, 0.15) is 44.5 Å². The minimum Gasteiger partial charge on any atom is -0.346 e. The Hall–Kier alpha value is -2.83. The molecule has 0 radical (unpaired) electrons. The Morgan fingerprint density at radius 3 is 2.85 bits per heavy atom. The molecular formula is C19H20FN5O. The van der Waals surface area contributed by atoms with Crippen LogP contribution in [-0.2, 0) is 4.79 Å². The molecule has 1 fully saturated rings. The van der Waals surface area contributed by atoms with Gasteiger partial charge in [-0.05, 0) is 31.9 Å². The quantitative estimate of drug-likeness (QED) is 0.781. The fourth-order valence-electron chi connectivity index (χ4n) is 3.40. The van der Waals surface area contributed by atoms with Crippen LogP contribution in [0.5, 0.6) is 0 Å². The van der Waals surface area contributed by atoms with E-state index in [9.17, 15) is 9.18 Å². The molecule has 1 atom stereocenters. The van der Waals surface area contributed by atoms with E-state index < -0.39 is 0 Å². The summed E-state index contributed by atoms with van der Waals surface area (Å²) >= 11 is 0. The number of fused-ring (bicyclic) bond motifs is 1. The first-order valence-electron chi connectivity index (χ1n) is 8.89. The third-order valence-electron chi connectivity index (χ3n) is 4.87. The fraction of sp³-hybridized carbons (Fsp3) is 0.368. The molecule has 0 bridgehead atoms. The Morgan fingerprint density at radius 2 is 2.08 bits per heavy atom. The van der Waals surface area contributed by atoms with Gasteiger partial charge in [-0.3, -0.25) is 4.79 Å². The number of benzene rings is 1. The summed E-state index contributed by atoms with van der Waals surface area (Å²) in [5.74, 6) is 0.355. The van der Waals surface area contributed by atoms with Gasteiger partial charge in [0, 0.05) is 17.5 Å². The number of rotatable bonds is 4. The second-order valence-corrected chi connectivity index (χ2v) is 6.74.